The molecule has 0 aliphatic carbocycles. The van der Waals surface area contributed by atoms with E-state index in [1.54, 1.807) is 18.2 Å². The Labute approximate surface area is 159 Å². The first-order valence-corrected chi connectivity index (χ1v) is 11.0. The molecule has 27 heavy (non-hydrogen) atoms. The number of carbonyl (C=O) groups is 1. The molecule has 9 heteroatoms. The van der Waals surface area contributed by atoms with E-state index in [0.29, 0.717) is 39.0 Å². The van der Waals surface area contributed by atoms with Crippen molar-refractivity contribution in [2.45, 2.75) is 32.2 Å². The summed E-state index contributed by atoms with van der Waals surface area (Å²) in [4.78, 5) is 23.1. The van der Waals surface area contributed by atoms with Crippen LogP contribution in [0.1, 0.15) is 31.6 Å². The number of aromatic nitrogens is 3. The minimum atomic E-state index is -2.97. The smallest absolute Gasteiger partial charge is 0.222 e. The van der Waals surface area contributed by atoms with E-state index >= 15 is 0 Å². The zero-order valence-electron chi connectivity index (χ0n) is 15.8. The van der Waals surface area contributed by atoms with Crippen molar-refractivity contribution >= 4 is 26.9 Å². The van der Waals surface area contributed by atoms with Crippen LogP contribution in [-0.2, 0) is 25.8 Å². The molecule has 1 aliphatic rings. The minimum Gasteiger partial charge on any atom is -0.383 e. The Balaban J connectivity index is 1.65. The Hall–Kier alpha value is -2.00. The molecule has 0 bridgehead atoms. The highest BCUT2D eigenvalue weighted by atomic mass is 32.2. The van der Waals surface area contributed by atoms with E-state index in [1.165, 1.54) is 0 Å². The second-order valence-corrected chi connectivity index (χ2v) is 9.24. The Bertz CT molecular complexity index is 895. The number of amides is 1. The molecular formula is C18H26N4O4S. The van der Waals surface area contributed by atoms with Gasteiger partial charge in [-0.3, -0.25) is 4.79 Å². The third-order valence-electron chi connectivity index (χ3n) is 4.86. The van der Waals surface area contributed by atoms with E-state index in [4.69, 9.17) is 4.74 Å². The van der Waals surface area contributed by atoms with Crippen LogP contribution in [-0.4, -0.2) is 72.1 Å². The molecule has 148 valence electrons. The number of methoxy groups -OCH3 is 1. The molecule has 0 unspecified atom stereocenters. The summed E-state index contributed by atoms with van der Waals surface area (Å²) in [5.41, 5.74) is 1.66. The van der Waals surface area contributed by atoms with E-state index in [-0.39, 0.29) is 23.5 Å². The standard InChI is InChI=1S/C18H26N4O4S/c1-14(13-26-2)22-16(20-15-5-4-8-19-18(15)22)6-3-7-17(23)21-9-11-27(24,25)12-10-21/h4-5,8,14H,3,6-7,9-13H2,1-2H3/t14-/m0/s1. The van der Waals surface area contributed by atoms with Gasteiger partial charge in [0.05, 0.1) is 24.2 Å². The summed E-state index contributed by atoms with van der Waals surface area (Å²) in [6.45, 7) is 3.21. The van der Waals surface area contributed by atoms with Gasteiger partial charge in [0.2, 0.25) is 5.91 Å². The number of ether oxygens (including phenoxy) is 1. The Morgan fingerprint density at radius 2 is 2.07 bits per heavy atom. The average molecular weight is 394 g/mol. The third kappa shape index (κ3) is 4.65. The van der Waals surface area contributed by atoms with Crippen LogP contribution in [0.25, 0.3) is 11.2 Å². The molecule has 3 rings (SSSR count). The van der Waals surface area contributed by atoms with Gasteiger partial charge in [-0.25, -0.2) is 18.4 Å². The predicted octanol–water partition coefficient (Wildman–Crippen LogP) is 1.22. The number of carbonyl (C=O) groups excluding carboxylic acids is 1. The monoisotopic (exact) mass is 394 g/mol. The number of nitrogens with zero attached hydrogens (tertiary/aromatic N) is 4. The molecule has 8 nitrogen and oxygen atoms in total. The van der Waals surface area contributed by atoms with E-state index in [2.05, 4.69) is 21.5 Å². The number of pyridine rings is 1. The molecule has 0 N–H and O–H groups in total. The van der Waals surface area contributed by atoms with Crippen LogP contribution in [0.4, 0.5) is 0 Å². The van der Waals surface area contributed by atoms with Crippen LogP contribution in [0.3, 0.4) is 0 Å². The maximum atomic E-state index is 12.4. The number of rotatable bonds is 7. The normalized spacial score (nSPS) is 17.9. The maximum absolute atomic E-state index is 12.4. The highest BCUT2D eigenvalue weighted by molar-refractivity contribution is 7.91. The first-order chi connectivity index (χ1) is 12.9. The molecule has 0 spiro atoms. The summed E-state index contributed by atoms with van der Waals surface area (Å²) < 4.78 is 30.3. The zero-order chi connectivity index (χ0) is 19.4. The van der Waals surface area contributed by atoms with Crippen LogP contribution >= 0.6 is 0 Å². The first-order valence-electron chi connectivity index (χ1n) is 9.20. The lowest BCUT2D eigenvalue weighted by atomic mass is 10.2. The van der Waals surface area contributed by atoms with Gasteiger partial charge < -0.3 is 14.2 Å². The van der Waals surface area contributed by atoms with Gasteiger partial charge in [0.1, 0.15) is 11.3 Å². The number of aryl methyl sites for hydroxylation is 1. The van der Waals surface area contributed by atoms with Crippen molar-refractivity contribution in [3.63, 3.8) is 0 Å². The molecule has 1 aliphatic heterocycles. The Kier molecular flexibility index (Phi) is 6.11. The van der Waals surface area contributed by atoms with Crippen molar-refractivity contribution in [3.8, 4) is 0 Å². The largest absolute Gasteiger partial charge is 0.383 e. The SMILES string of the molecule is COC[C@H](C)n1c(CCCC(=O)N2CCS(=O)(=O)CC2)nc2cccnc21. The topological polar surface area (TPSA) is 94.4 Å². The zero-order valence-corrected chi connectivity index (χ0v) is 16.6. The summed E-state index contributed by atoms with van der Waals surface area (Å²) in [6, 6.07) is 3.88. The second kappa shape index (κ2) is 8.35. The van der Waals surface area contributed by atoms with Crippen LogP contribution < -0.4 is 0 Å². The Morgan fingerprint density at radius 3 is 2.78 bits per heavy atom. The van der Waals surface area contributed by atoms with Crippen molar-refractivity contribution in [1.29, 1.82) is 0 Å². The molecule has 1 saturated heterocycles. The van der Waals surface area contributed by atoms with E-state index in [0.717, 1.165) is 17.0 Å². The molecule has 0 radical (unpaired) electrons. The van der Waals surface area contributed by atoms with Gasteiger partial charge in [-0.05, 0) is 25.5 Å². The molecule has 0 aromatic carbocycles. The van der Waals surface area contributed by atoms with Crippen LogP contribution in [0.15, 0.2) is 18.3 Å². The van der Waals surface area contributed by atoms with Gasteiger partial charge >= 0.3 is 0 Å². The molecule has 1 amide bonds. The number of hydrogen-bond acceptors (Lipinski definition) is 6. The summed E-state index contributed by atoms with van der Waals surface area (Å²) >= 11 is 0. The number of fused-ring (bicyclic) bond motifs is 1. The van der Waals surface area contributed by atoms with Crippen LogP contribution in [0.5, 0.6) is 0 Å². The average Bonchev–Trinajstić information content (AvgIpc) is 3.00. The van der Waals surface area contributed by atoms with Crippen LogP contribution in [0, 0.1) is 0 Å². The second-order valence-electron chi connectivity index (χ2n) is 6.93. The number of hydrogen-bond donors (Lipinski definition) is 0. The predicted molar refractivity (Wildman–Crippen MR) is 102 cm³/mol. The number of imidazole rings is 1. The van der Waals surface area contributed by atoms with Gasteiger partial charge in [0.25, 0.3) is 0 Å². The third-order valence-corrected chi connectivity index (χ3v) is 6.47. The van der Waals surface area contributed by atoms with Gasteiger partial charge in [-0.2, -0.15) is 0 Å². The van der Waals surface area contributed by atoms with Gasteiger partial charge in [0, 0.05) is 39.2 Å². The van der Waals surface area contributed by atoms with E-state index in [1.807, 2.05) is 12.1 Å². The van der Waals surface area contributed by atoms with Crippen LogP contribution in [0.2, 0.25) is 0 Å². The molecular weight excluding hydrogens is 368 g/mol. The molecule has 0 saturated carbocycles. The van der Waals surface area contributed by atoms with Gasteiger partial charge in [0.15, 0.2) is 15.5 Å². The van der Waals surface area contributed by atoms with Crippen molar-refractivity contribution in [2.75, 3.05) is 38.3 Å². The summed E-state index contributed by atoms with van der Waals surface area (Å²) in [5.74, 6) is 1.03. The van der Waals surface area contributed by atoms with Crippen molar-refractivity contribution in [1.82, 2.24) is 19.4 Å². The number of sulfone groups is 1. The molecule has 2 aromatic rings. The molecule has 3 heterocycles. The highest BCUT2D eigenvalue weighted by Gasteiger charge is 2.25. The van der Waals surface area contributed by atoms with Crippen molar-refractivity contribution in [3.05, 3.63) is 24.2 Å². The lowest BCUT2D eigenvalue weighted by Crippen LogP contribution is -2.43. The maximum Gasteiger partial charge on any atom is 0.222 e. The first kappa shape index (κ1) is 19.8. The Morgan fingerprint density at radius 1 is 1.33 bits per heavy atom. The fourth-order valence-corrected chi connectivity index (χ4v) is 4.65. The van der Waals surface area contributed by atoms with Gasteiger partial charge in [-0.15, -0.1) is 0 Å². The van der Waals surface area contributed by atoms with E-state index < -0.39 is 9.84 Å². The van der Waals surface area contributed by atoms with E-state index in [9.17, 15) is 13.2 Å². The molecule has 2 aromatic heterocycles. The van der Waals surface area contributed by atoms with Crippen molar-refractivity contribution < 1.29 is 17.9 Å². The summed E-state index contributed by atoms with van der Waals surface area (Å²) in [5, 5.41) is 0. The summed E-state index contributed by atoms with van der Waals surface area (Å²) in [6.07, 6.45) is 3.44. The molecule has 1 fully saturated rings. The van der Waals surface area contributed by atoms with Crippen molar-refractivity contribution in [2.24, 2.45) is 0 Å². The lowest BCUT2D eigenvalue weighted by molar-refractivity contribution is -0.130. The molecule has 1 atom stereocenters. The summed E-state index contributed by atoms with van der Waals surface area (Å²) in [7, 11) is -1.31. The fourth-order valence-electron chi connectivity index (χ4n) is 3.45. The highest BCUT2D eigenvalue weighted by Crippen LogP contribution is 2.21. The lowest BCUT2D eigenvalue weighted by Gasteiger charge is -2.26. The quantitative estimate of drug-likeness (QED) is 0.701. The fraction of sp³-hybridized carbons (Fsp3) is 0.611. The van der Waals surface area contributed by atoms with Gasteiger partial charge in [-0.1, -0.05) is 0 Å². The minimum absolute atomic E-state index is 0.00984.